The number of benzene rings is 1. The normalized spacial score (nSPS) is 11.0. The highest BCUT2D eigenvalue weighted by atomic mass is 127. The van der Waals surface area contributed by atoms with Crippen LogP contribution in [-0.2, 0) is 13.0 Å². The van der Waals surface area contributed by atoms with Gasteiger partial charge in [-0.15, -0.1) is 35.3 Å². The van der Waals surface area contributed by atoms with Crippen LogP contribution >= 0.6 is 35.3 Å². The number of guanidine groups is 1. The van der Waals surface area contributed by atoms with Crippen LogP contribution in [0.5, 0.6) is 0 Å². The molecule has 0 amide bonds. The highest BCUT2D eigenvalue weighted by molar-refractivity contribution is 14.0. The largest absolute Gasteiger partial charge is 0.370 e. The smallest absolute Gasteiger partial charge is 0.193 e. The Bertz CT molecular complexity index is 580. The van der Waals surface area contributed by atoms with Gasteiger partial charge < -0.3 is 11.1 Å². The first-order valence-electron chi connectivity index (χ1n) is 6.24. The van der Waals surface area contributed by atoms with Gasteiger partial charge >= 0.3 is 0 Å². The Hall–Kier alpha value is -1.15. The van der Waals surface area contributed by atoms with Crippen molar-refractivity contribution in [3.63, 3.8) is 0 Å². The maximum Gasteiger partial charge on any atom is 0.193 e. The summed E-state index contributed by atoms with van der Waals surface area (Å²) in [5.41, 5.74) is 9.13. The van der Waals surface area contributed by atoms with E-state index < -0.39 is 0 Å². The summed E-state index contributed by atoms with van der Waals surface area (Å²) in [6.45, 7) is 4.62. The fraction of sp³-hybridized carbons (Fsp3) is 0.286. The van der Waals surface area contributed by atoms with E-state index >= 15 is 0 Å². The molecule has 0 atom stereocenters. The summed E-state index contributed by atoms with van der Waals surface area (Å²) in [7, 11) is 0. The molecule has 0 unspecified atom stereocenters. The minimum atomic E-state index is 0. The number of hydrogen-bond donors (Lipinski definition) is 2. The number of aryl methyl sites for hydroxylation is 2. The highest BCUT2D eigenvalue weighted by Crippen LogP contribution is 2.12. The van der Waals surface area contributed by atoms with Crippen molar-refractivity contribution >= 4 is 47.0 Å². The van der Waals surface area contributed by atoms with Gasteiger partial charge in [0.1, 0.15) is 5.01 Å². The third-order valence-corrected chi connectivity index (χ3v) is 3.61. The van der Waals surface area contributed by atoms with Crippen molar-refractivity contribution in [2.24, 2.45) is 10.7 Å². The Balaban J connectivity index is 0.00000200. The lowest BCUT2D eigenvalue weighted by Crippen LogP contribution is -2.22. The molecule has 6 heteroatoms. The van der Waals surface area contributed by atoms with E-state index in [0.717, 1.165) is 22.8 Å². The average molecular weight is 402 g/mol. The molecule has 0 radical (unpaired) electrons. The maximum atomic E-state index is 5.87. The molecule has 3 N–H and O–H groups in total. The molecule has 4 nitrogen and oxygen atoms in total. The molecule has 0 spiro atoms. The number of hydrogen-bond acceptors (Lipinski definition) is 3. The number of halogens is 1. The zero-order valence-electron chi connectivity index (χ0n) is 11.6. The van der Waals surface area contributed by atoms with Crippen LogP contribution < -0.4 is 11.1 Å². The van der Waals surface area contributed by atoms with Crippen LogP contribution in [0.1, 0.15) is 23.2 Å². The van der Waals surface area contributed by atoms with Crippen molar-refractivity contribution in [1.82, 2.24) is 4.98 Å². The van der Waals surface area contributed by atoms with Crippen molar-refractivity contribution in [2.75, 3.05) is 5.32 Å². The average Bonchev–Trinajstić information content (AvgIpc) is 2.82. The van der Waals surface area contributed by atoms with Crippen LogP contribution in [-0.4, -0.2) is 10.9 Å². The van der Waals surface area contributed by atoms with E-state index in [0.29, 0.717) is 12.5 Å². The Kier molecular flexibility index (Phi) is 6.94. The van der Waals surface area contributed by atoms with Gasteiger partial charge in [-0.1, -0.05) is 19.1 Å². The summed E-state index contributed by atoms with van der Waals surface area (Å²) in [5, 5.41) is 6.09. The summed E-state index contributed by atoms with van der Waals surface area (Å²) < 4.78 is 0. The summed E-state index contributed by atoms with van der Waals surface area (Å²) in [5.74, 6) is 0.418. The number of rotatable bonds is 4. The highest BCUT2D eigenvalue weighted by Gasteiger charge is 1.99. The van der Waals surface area contributed by atoms with Crippen molar-refractivity contribution < 1.29 is 0 Å². The van der Waals surface area contributed by atoms with Crippen LogP contribution in [0, 0.1) is 6.92 Å². The number of anilines is 1. The van der Waals surface area contributed by atoms with E-state index in [1.54, 1.807) is 11.3 Å². The van der Waals surface area contributed by atoms with Crippen molar-refractivity contribution in [3.8, 4) is 0 Å². The van der Waals surface area contributed by atoms with Crippen LogP contribution in [0.15, 0.2) is 34.6 Å². The fourth-order valence-electron chi connectivity index (χ4n) is 1.68. The number of thiazole rings is 1. The number of aliphatic imine (C=N–C) groups is 1. The Labute approximate surface area is 140 Å². The monoisotopic (exact) mass is 402 g/mol. The number of nitrogens with two attached hydrogens (primary N) is 1. The van der Waals surface area contributed by atoms with E-state index in [4.69, 9.17) is 5.73 Å². The second-order valence-corrected chi connectivity index (χ2v) is 5.21. The first kappa shape index (κ1) is 16.9. The molecule has 1 aromatic heterocycles. The van der Waals surface area contributed by atoms with Crippen molar-refractivity contribution in [2.45, 2.75) is 26.8 Å². The van der Waals surface area contributed by atoms with Crippen LogP contribution in [0.3, 0.4) is 0 Å². The molecule has 2 aromatic rings. The SMILES string of the molecule is CCc1cccc(NC(N)=NCc2nc(C)cs2)c1.I. The Morgan fingerprint density at radius 1 is 1.45 bits per heavy atom. The third-order valence-electron chi connectivity index (χ3n) is 2.66. The molecule has 0 saturated heterocycles. The molecule has 0 aliphatic heterocycles. The predicted octanol–water partition coefficient (Wildman–Crippen LogP) is 3.56. The summed E-state index contributed by atoms with van der Waals surface area (Å²) >= 11 is 1.60. The lowest BCUT2D eigenvalue weighted by atomic mass is 10.1. The molecule has 20 heavy (non-hydrogen) atoms. The molecule has 1 aromatic carbocycles. The Morgan fingerprint density at radius 2 is 2.25 bits per heavy atom. The second-order valence-electron chi connectivity index (χ2n) is 4.26. The molecule has 0 saturated carbocycles. The van der Waals surface area contributed by atoms with Gasteiger partial charge in [-0.25, -0.2) is 9.98 Å². The standard InChI is InChI=1S/C14H18N4S.HI/c1-3-11-5-4-6-12(7-11)18-14(15)16-8-13-17-10(2)9-19-13;/h4-7,9H,3,8H2,1-2H3,(H3,15,16,18);1H. The summed E-state index contributed by atoms with van der Waals surface area (Å²) in [6.07, 6.45) is 1.00. The van der Waals surface area contributed by atoms with E-state index in [2.05, 4.69) is 34.3 Å². The van der Waals surface area contributed by atoms with Gasteiger partial charge in [0.2, 0.25) is 0 Å². The van der Waals surface area contributed by atoms with Gasteiger partial charge in [-0.3, -0.25) is 0 Å². The van der Waals surface area contributed by atoms with E-state index in [1.807, 2.05) is 24.4 Å². The number of nitrogens with one attached hydrogen (secondary N) is 1. The van der Waals surface area contributed by atoms with Crippen LogP contribution in [0.25, 0.3) is 0 Å². The van der Waals surface area contributed by atoms with Crippen molar-refractivity contribution in [3.05, 3.63) is 45.9 Å². The molecule has 0 aliphatic rings. The fourth-order valence-corrected chi connectivity index (χ4v) is 2.38. The zero-order chi connectivity index (χ0) is 13.7. The maximum absolute atomic E-state index is 5.87. The van der Waals surface area contributed by atoms with Gasteiger partial charge in [0.15, 0.2) is 5.96 Å². The molecule has 2 rings (SSSR count). The van der Waals surface area contributed by atoms with E-state index in [9.17, 15) is 0 Å². The minimum absolute atomic E-state index is 0. The molecular formula is C14H19IN4S. The Morgan fingerprint density at radius 3 is 2.90 bits per heavy atom. The quantitative estimate of drug-likeness (QED) is 0.467. The van der Waals surface area contributed by atoms with Crippen molar-refractivity contribution in [1.29, 1.82) is 0 Å². The summed E-state index contributed by atoms with van der Waals surface area (Å²) in [4.78, 5) is 8.63. The molecule has 108 valence electrons. The second kappa shape index (κ2) is 8.21. The molecule has 1 heterocycles. The third kappa shape index (κ3) is 5.09. The van der Waals surface area contributed by atoms with E-state index in [-0.39, 0.29) is 24.0 Å². The molecule has 0 bridgehead atoms. The van der Waals surface area contributed by atoms with Gasteiger partial charge in [0, 0.05) is 16.8 Å². The van der Waals surface area contributed by atoms with Crippen LogP contribution in [0.4, 0.5) is 5.69 Å². The van der Waals surface area contributed by atoms with Gasteiger partial charge in [-0.2, -0.15) is 0 Å². The van der Waals surface area contributed by atoms with Gasteiger partial charge in [0.25, 0.3) is 0 Å². The first-order valence-corrected chi connectivity index (χ1v) is 7.12. The topological polar surface area (TPSA) is 63.3 Å². The zero-order valence-corrected chi connectivity index (χ0v) is 14.7. The van der Waals surface area contributed by atoms with Gasteiger partial charge in [0.05, 0.1) is 6.54 Å². The lowest BCUT2D eigenvalue weighted by Gasteiger charge is -2.06. The molecular weight excluding hydrogens is 383 g/mol. The molecule has 0 aliphatic carbocycles. The first-order chi connectivity index (χ1) is 9.17. The van der Waals surface area contributed by atoms with Gasteiger partial charge in [-0.05, 0) is 31.0 Å². The predicted molar refractivity (Wildman–Crippen MR) is 97.0 cm³/mol. The minimum Gasteiger partial charge on any atom is -0.370 e. The lowest BCUT2D eigenvalue weighted by molar-refractivity contribution is 1.01. The van der Waals surface area contributed by atoms with Crippen LogP contribution in [0.2, 0.25) is 0 Å². The van der Waals surface area contributed by atoms with E-state index in [1.165, 1.54) is 5.56 Å². The number of aromatic nitrogens is 1. The summed E-state index contributed by atoms with van der Waals surface area (Å²) in [6, 6.07) is 8.17. The number of nitrogens with zero attached hydrogens (tertiary/aromatic N) is 2. The molecule has 0 fully saturated rings.